The number of hydrogen-bond donors (Lipinski definition) is 1. The van der Waals surface area contributed by atoms with Crippen molar-refractivity contribution in [3.05, 3.63) is 0 Å². The van der Waals surface area contributed by atoms with Crippen LogP contribution in [-0.4, -0.2) is 23.8 Å². The third-order valence-corrected chi connectivity index (χ3v) is 4.19. The van der Waals surface area contributed by atoms with Crippen LogP contribution >= 0.6 is 0 Å². The second-order valence-electron chi connectivity index (χ2n) is 5.50. The average molecular weight is 226 g/mol. The fourth-order valence-corrected chi connectivity index (χ4v) is 3.01. The van der Waals surface area contributed by atoms with Gasteiger partial charge >= 0.3 is 5.97 Å². The molecule has 0 amide bonds. The lowest BCUT2D eigenvalue weighted by Crippen LogP contribution is -2.34. The van der Waals surface area contributed by atoms with Gasteiger partial charge < -0.3 is 9.84 Å². The van der Waals surface area contributed by atoms with E-state index in [0.29, 0.717) is 17.9 Å². The fraction of sp³-hybridized carbons (Fsp3) is 0.923. The van der Waals surface area contributed by atoms with Gasteiger partial charge in [0.1, 0.15) is 0 Å². The molecule has 0 spiro atoms. The predicted octanol–water partition coefficient (Wildman–Crippen LogP) is 2.69. The molecule has 92 valence electrons. The Labute approximate surface area is 97.2 Å². The summed E-state index contributed by atoms with van der Waals surface area (Å²) in [5, 5.41) is 8.94. The van der Waals surface area contributed by atoms with Crippen LogP contribution in [-0.2, 0) is 9.53 Å². The molecule has 2 unspecified atom stereocenters. The Bertz CT molecular complexity index is 236. The van der Waals surface area contributed by atoms with Crippen molar-refractivity contribution in [2.24, 2.45) is 17.8 Å². The summed E-state index contributed by atoms with van der Waals surface area (Å²) in [5.41, 5.74) is 0. The highest BCUT2D eigenvalue weighted by molar-refractivity contribution is 5.69. The fourth-order valence-electron chi connectivity index (χ4n) is 3.01. The molecular weight excluding hydrogens is 204 g/mol. The predicted molar refractivity (Wildman–Crippen MR) is 61.2 cm³/mol. The maximum Gasteiger partial charge on any atom is 0.306 e. The van der Waals surface area contributed by atoms with E-state index in [1.54, 1.807) is 0 Å². The molecule has 0 aromatic heterocycles. The van der Waals surface area contributed by atoms with Gasteiger partial charge in [-0.15, -0.1) is 0 Å². The van der Waals surface area contributed by atoms with Gasteiger partial charge in [-0.3, -0.25) is 4.79 Å². The van der Waals surface area contributed by atoms with Crippen molar-refractivity contribution in [3.63, 3.8) is 0 Å². The summed E-state index contributed by atoms with van der Waals surface area (Å²) in [6.07, 6.45) is 6.61. The molecule has 2 fully saturated rings. The molecule has 0 aromatic rings. The monoisotopic (exact) mass is 226 g/mol. The van der Waals surface area contributed by atoms with E-state index in [4.69, 9.17) is 9.84 Å². The summed E-state index contributed by atoms with van der Waals surface area (Å²) in [7, 11) is 0. The lowest BCUT2D eigenvalue weighted by molar-refractivity contribution is -0.144. The first kappa shape index (κ1) is 11.9. The average Bonchev–Trinajstić information content (AvgIpc) is 2.30. The van der Waals surface area contributed by atoms with Crippen LogP contribution < -0.4 is 0 Å². The largest absolute Gasteiger partial charge is 0.481 e. The quantitative estimate of drug-likeness (QED) is 0.787. The van der Waals surface area contributed by atoms with Gasteiger partial charge in [-0.1, -0.05) is 6.92 Å². The van der Waals surface area contributed by atoms with Crippen molar-refractivity contribution in [3.8, 4) is 0 Å². The molecule has 1 aliphatic carbocycles. The zero-order valence-electron chi connectivity index (χ0n) is 10.0. The molecule has 1 heterocycles. The molecule has 3 nitrogen and oxygen atoms in total. The van der Waals surface area contributed by atoms with Gasteiger partial charge in [-0.25, -0.2) is 0 Å². The maximum atomic E-state index is 10.8. The molecule has 2 rings (SSSR count). The number of hydrogen-bond acceptors (Lipinski definition) is 2. The SMILES string of the molecule is CC1CCC(C2CCC(C(=O)O)CC2)OC1. The normalized spacial score (nSPS) is 40.6. The highest BCUT2D eigenvalue weighted by Crippen LogP contribution is 2.35. The van der Waals surface area contributed by atoms with Crippen molar-refractivity contribution < 1.29 is 14.6 Å². The number of carbonyl (C=O) groups is 1. The van der Waals surface area contributed by atoms with Crippen LogP contribution in [0, 0.1) is 17.8 Å². The minimum atomic E-state index is -0.614. The molecule has 1 saturated carbocycles. The van der Waals surface area contributed by atoms with Crippen LogP contribution in [0.5, 0.6) is 0 Å². The molecule has 0 radical (unpaired) electrons. The lowest BCUT2D eigenvalue weighted by Gasteiger charge is -2.36. The minimum absolute atomic E-state index is 0.0984. The van der Waals surface area contributed by atoms with Crippen LogP contribution in [0.1, 0.15) is 45.4 Å². The van der Waals surface area contributed by atoms with E-state index < -0.39 is 5.97 Å². The highest BCUT2D eigenvalue weighted by atomic mass is 16.5. The Morgan fingerprint density at radius 3 is 2.31 bits per heavy atom. The van der Waals surface area contributed by atoms with Crippen molar-refractivity contribution in [2.75, 3.05) is 6.61 Å². The molecule has 3 heteroatoms. The van der Waals surface area contributed by atoms with Crippen LogP contribution in [0.4, 0.5) is 0 Å². The van der Waals surface area contributed by atoms with Gasteiger partial charge in [0, 0.05) is 6.61 Å². The smallest absolute Gasteiger partial charge is 0.306 e. The summed E-state index contributed by atoms with van der Waals surface area (Å²) in [5.74, 6) is 0.602. The van der Waals surface area contributed by atoms with Crippen LogP contribution in [0.25, 0.3) is 0 Å². The van der Waals surface area contributed by atoms with Crippen LogP contribution in [0.3, 0.4) is 0 Å². The molecule has 2 atom stereocenters. The van der Waals surface area contributed by atoms with Crippen LogP contribution in [0.2, 0.25) is 0 Å². The minimum Gasteiger partial charge on any atom is -0.481 e. The third kappa shape index (κ3) is 2.76. The van der Waals surface area contributed by atoms with Crippen molar-refractivity contribution >= 4 is 5.97 Å². The van der Waals surface area contributed by atoms with Gasteiger partial charge in [-0.2, -0.15) is 0 Å². The van der Waals surface area contributed by atoms with E-state index in [0.717, 1.165) is 32.3 Å². The molecule has 1 N–H and O–H groups in total. The number of rotatable bonds is 2. The Morgan fingerprint density at radius 2 is 1.81 bits per heavy atom. The van der Waals surface area contributed by atoms with Crippen LogP contribution in [0.15, 0.2) is 0 Å². The zero-order valence-corrected chi connectivity index (χ0v) is 10.0. The summed E-state index contributed by atoms with van der Waals surface area (Å²) in [4.78, 5) is 10.8. The van der Waals surface area contributed by atoms with E-state index in [-0.39, 0.29) is 5.92 Å². The maximum absolute atomic E-state index is 10.8. The van der Waals surface area contributed by atoms with E-state index in [1.165, 1.54) is 12.8 Å². The summed E-state index contributed by atoms with van der Waals surface area (Å²) in [6, 6.07) is 0. The van der Waals surface area contributed by atoms with E-state index in [1.807, 2.05) is 0 Å². The topological polar surface area (TPSA) is 46.5 Å². The van der Waals surface area contributed by atoms with Gasteiger partial charge in [0.15, 0.2) is 0 Å². The number of aliphatic carboxylic acids is 1. The van der Waals surface area contributed by atoms with Crippen molar-refractivity contribution in [1.29, 1.82) is 0 Å². The summed E-state index contributed by atoms with van der Waals surface area (Å²) >= 11 is 0. The van der Waals surface area contributed by atoms with Gasteiger partial charge in [0.2, 0.25) is 0 Å². The third-order valence-electron chi connectivity index (χ3n) is 4.19. The lowest BCUT2D eigenvalue weighted by atomic mass is 9.77. The van der Waals surface area contributed by atoms with Crippen molar-refractivity contribution in [1.82, 2.24) is 0 Å². The molecule has 0 bridgehead atoms. The number of ether oxygens (including phenoxy) is 1. The second kappa shape index (κ2) is 5.17. The molecule has 0 aromatic carbocycles. The Morgan fingerprint density at radius 1 is 1.12 bits per heavy atom. The van der Waals surface area contributed by atoms with E-state index in [9.17, 15) is 4.79 Å². The molecule has 1 aliphatic heterocycles. The van der Waals surface area contributed by atoms with E-state index in [2.05, 4.69) is 6.92 Å². The molecular formula is C13H22O3. The molecule has 1 saturated heterocycles. The summed E-state index contributed by atoms with van der Waals surface area (Å²) < 4.78 is 5.88. The molecule has 2 aliphatic rings. The zero-order chi connectivity index (χ0) is 11.5. The second-order valence-corrected chi connectivity index (χ2v) is 5.50. The van der Waals surface area contributed by atoms with Crippen molar-refractivity contribution in [2.45, 2.75) is 51.6 Å². The Hall–Kier alpha value is -0.570. The number of carboxylic acid groups (broad SMARTS) is 1. The Balaban J connectivity index is 1.78. The van der Waals surface area contributed by atoms with Gasteiger partial charge in [-0.05, 0) is 50.4 Å². The first-order chi connectivity index (χ1) is 7.66. The van der Waals surface area contributed by atoms with Gasteiger partial charge in [0.25, 0.3) is 0 Å². The number of carboxylic acids is 1. The standard InChI is InChI=1S/C13H22O3/c1-9-2-7-12(16-8-9)10-3-5-11(6-4-10)13(14)15/h9-12H,2-8H2,1H3,(H,14,15). The first-order valence-electron chi connectivity index (χ1n) is 6.51. The van der Waals surface area contributed by atoms with Gasteiger partial charge in [0.05, 0.1) is 12.0 Å². The highest BCUT2D eigenvalue weighted by Gasteiger charge is 2.32. The Kier molecular flexibility index (Phi) is 3.85. The summed E-state index contributed by atoms with van der Waals surface area (Å²) in [6.45, 7) is 3.13. The first-order valence-corrected chi connectivity index (χ1v) is 6.51. The van der Waals surface area contributed by atoms with E-state index >= 15 is 0 Å². The molecule has 16 heavy (non-hydrogen) atoms.